The largest absolute Gasteiger partial charge is 0.478 e. The molecule has 0 amide bonds. The number of aromatic carboxylic acids is 1. The van der Waals surface area contributed by atoms with Gasteiger partial charge < -0.3 is 9.84 Å². The van der Waals surface area contributed by atoms with Crippen molar-refractivity contribution >= 4 is 11.7 Å². The first-order valence-corrected chi connectivity index (χ1v) is 5.71. The molecular formula is C14H8N2O5. The summed E-state index contributed by atoms with van der Waals surface area (Å²) < 4.78 is 5.35. The third-order valence-electron chi connectivity index (χ3n) is 2.59. The summed E-state index contributed by atoms with van der Waals surface area (Å²) in [4.78, 5) is 21.2. The van der Waals surface area contributed by atoms with Crippen molar-refractivity contribution in [2.45, 2.75) is 0 Å². The Morgan fingerprint density at radius 2 is 2.05 bits per heavy atom. The first-order valence-electron chi connectivity index (χ1n) is 5.71. The third-order valence-corrected chi connectivity index (χ3v) is 2.59. The van der Waals surface area contributed by atoms with E-state index < -0.39 is 10.9 Å². The summed E-state index contributed by atoms with van der Waals surface area (Å²) in [5, 5.41) is 28.7. The average molecular weight is 284 g/mol. The van der Waals surface area contributed by atoms with E-state index in [0.29, 0.717) is 0 Å². The highest BCUT2D eigenvalue weighted by molar-refractivity contribution is 5.88. The van der Waals surface area contributed by atoms with Crippen LogP contribution in [-0.4, -0.2) is 16.0 Å². The molecule has 0 aliphatic heterocycles. The molecule has 0 fully saturated rings. The van der Waals surface area contributed by atoms with Gasteiger partial charge in [0.05, 0.1) is 22.1 Å². The van der Waals surface area contributed by atoms with Gasteiger partial charge in [-0.05, 0) is 24.3 Å². The topological polar surface area (TPSA) is 113 Å². The van der Waals surface area contributed by atoms with Crippen LogP contribution in [0.2, 0.25) is 0 Å². The molecule has 2 aromatic rings. The fourth-order valence-corrected chi connectivity index (χ4v) is 1.64. The molecule has 0 aromatic heterocycles. The Morgan fingerprint density at radius 1 is 1.29 bits per heavy atom. The number of rotatable bonds is 4. The van der Waals surface area contributed by atoms with Crippen molar-refractivity contribution in [3.8, 4) is 17.6 Å². The van der Waals surface area contributed by atoms with E-state index >= 15 is 0 Å². The van der Waals surface area contributed by atoms with E-state index in [9.17, 15) is 14.9 Å². The molecule has 0 saturated heterocycles. The van der Waals surface area contributed by atoms with Gasteiger partial charge in [0.1, 0.15) is 5.75 Å². The van der Waals surface area contributed by atoms with E-state index in [2.05, 4.69) is 0 Å². The Kier molecular flexibility index (Phi) is 3.81. The highest BCUT2D eigenvalue weighted by Crippen LogP contribution is 2.32. The summed E-state index contributed by atoms with van der Waals surface area (Å²) in [5.74, 6) is -1.13. The number of carboxylic acid groups (broad SMARTS) is 1. The SMILES string of the molecule is N#Cc1ccc([N+](=O)[O-])c(Oc2cccc(C(=O)O)c2)c1. The molecule has 1 N–H and O–H groups in total. The lowest BCUT2D eigenvalue weighted by molar-refractivity contribution is -0.385. The molecular weight excluding hydrogens is 276 g/mol. The molecule has 7 heteroatoms. The molecule has 2 aromatic carbocycles. The van der Waals surface area contributed by atoms with Gasteiger partial charge in [0.15, 0.2) is 0 Å². The predicted octanol–water partition coefficient (Wildman–Crippen LogP) is 2.96. The monoisotopic (exact) mass is 284 g/mol. The van der Waals surface area contributed by atoms with Gasteiger partial charge in [0.2, 0.25) is 5.75 Å². The van der Waals surface area contributed by atoms with Crippen LogP contribution in [0.25, 0.3) is 0 Å². The van der Waals surface area contributed by atoms with Crippen LogP contribution in [-0.2, 0) is 0 Å². The van der Waals surface area contributed by atoms with Crippen molar-refractivity contribution in [2.75, 3.05) is 0 Å². The van der Waals surface area contributed by atoms with E-state index in [1.165, 1.54) is 36.4 Å². The Hall–Kier alpha value is -3.40. The maximum Gasteiger partial charge on any atom is 0.335 e. The summed E-state index contributed by atoms with van der Waals surface area (Å²) in [6.07, 6.45) is 0. The lowest BCUT2D eigenvalue weighted by Gasteiger charge is -2.07. The minimum atomic E-state index is -1.14. The highest BCUT2D eigenvalue weighted by Gasteiger charge is 2.17. The van der Waals surface area contributed by atoms with Gasteiger partial charge >= 0.3 is 11.7 Å². The second kappa shape index (κ2) is 5.71. The lowest BCUT2D eigenvalue weighted by atomic mass is 10.2. The molecule has 104 valence electrons. The number of hydrogen-bond donors (Lipinski definition) is 1. The lowest BCUT2D eigenvalue weighted by Crippen LogP contribution is -1.97. The van der Waals surface area contributed by atoms with Gasteiger partial charge in [-0.25, -0.2) is 4.79 Å². The number of nitro benzene ring substituents is 1. The van der Waals surface area contributed by atoms with Crippen molar-refractivity contribution in [3.05, 3.63) is 63.7 Å². The van der Waals surface area contributed by atoms with E-state index in [4.69, 9.17) is 15.1 Å². The quantitative estimate of drug-likeness (QED) is 0.682. The molecule has 0 bridgehead atoms. The minimum absolute atomic E-state index is 0.00779. The first kappa shape index (κ1) is 14.0. The third kappa shape index (κ3) is 3.13. The van der Waals surface area contributed by atoms with Gasteiger partial charge in [-0.1, -0.05) is 6.07 Å². The number of nitriles is 1. The van der Waals surface area contributed by atoms with Gasteiger partial charge in [-0.15, -0.1) is 0 Å². The number of hydrogen-bond acceptors (Lipinski definition) is 5. The van der Waals surface area contributed by atoms with Gasteiger partial charge in [0, 0.05) is 12.1 Å². The molecule has 0 radical (unpaired) electrons. The Labute approximate surface area is 118 Å². The van der Waals surface area contributed by atoms with Crippen LogP contribution < -0.4 is 4.74 Å². The zero-order valence-corrected chi connectivity index (χ0v) is 10.5. The summed E-state index contributed by atoms with van der Waals surface area (Å²) in [6, 6.07) is 11.1. The normalized spacial score (nSPS) is 9.67. The van der Waals surface area contributed by atoms with Crippen LogP contribution in [0.3, 0.4) is 0 Å². The van der Waals surface area contributed by atoms with Crippen molar-refractivity contribution < 1.29 is 19.6 Å². The first-order chi connectivity index (χ1) is 10.0. The van der Waals surface area contributed by atoms with Crippen molar-refractivity contribution in [1.82, 2.24) is 0 Å². The molecule has 0 aliphatic carbocycles. The number of carbonyl (C=O) groups is 1. The number of carboxylic acids is 1. The zero-order chi connectivity index (χ0) is 15.4. The fourth-order valence-electron chi connectivity index (χ4n) is 1.64. The van der Waals surface area contributed by atoms with Gasteiger partial charge in [-0.2, -0.15) is 5.26 Å². The standard InChI is InChI=1S/C14H8N2O5/c15-8-9-4-5-12(16(19)20)13(6-9)21-11-3-1-2-10(7-11)14(17)18/h1-7H,(H,17,18). The van der Waals surface area contributed by atoms with Crippen molar-refractivity contribution in [3.63, 3.8) is 0 Å². The van der Waals surface area contributed by atoms with Crippen molar-refractivity contribution in [2.24, 2.45) is 0 Å². The maximum absolute atomic E-state index is 10.9. The number of nitro groups is 1. The van der Waals surface area contributed by atoms with Crippen LogP contribution in [0.1, 0.15) is 15.9 Å². The van der Waals surface area contributed by atoms with Crippen LogP contribution in [0, 0.1) is 21.4 Å². The van der Waals surface area contributed by atoms with Gasteiger partial charge in [-0.3, -0.25) is 10.1 Å². The molecule has 0 unspecified atom stereocenters. The molecule has 0 spiro atoms. The van der Waals surface area contributed by atoms with Crippen LogP contribution >= 0.6 is 0 Å². The van der Waals surface area contributed by atoms with E-state index in [-0.39, 0.29) is 28.3 Å². The second-order valence-electron chi connectivity index (χ2n) is 3.99. The van der Waals surface area contributed by atoms with Crippen LogP contribution in [0.5, 0.6) is 11.5 Å². The minimum Gasteiger partial charge on any atom is -0.478 e. The van der Waals surface area contributed by atoms with E-state index in [1.54, 1.807) is 0 Å². The fraction of sp³-hybridized carbons (Fsp3) is 0. The van der Waals surface area contributed by atoms with Crippen LogP contribution in [0.4, 0.5) is 5.69 Å². The molecule has 0 aliphatic rings. The van der Waals surface area contributed by atoms with Gasteiger partial charge in [0.25, 0.3) is 0 Å². The Morgan fingerprint density at radius 3 is 2.67 bits per heavy atom. The molecule has 0 heterocycles. The number of nitrogens with zero attached hydrogens (tertiary/aromatic N) is 2. The Bertz CT molecular complexity index is 764. The van der Waals surface area contributed by atoms with E-state index in [0.717, 1.165) is 6.07 Å². The Balaban J connectivity index is 2.43. The average Bonchev–Trinajstić information content (AvgIpc) is 2.47. The molecule has 0 saturated carbocycles. The number of ether oxygens (including phenoxy) is 1. The predicted molar refractivity (Wildman–Crippen MR) is 71.3 cm³/mol. The summed E-state index contributed by atoms with van der Waals surface area (Å²) in [6.45, 7) is 0. The molecule has 2 rings (SSSR count). The summed E-state index contributed by atoms with van der Waals surface area (Å²) >= 11 is 0. The molecule has 21 heavy (non-hydrogen) atoms. The summed E-state index contributed by atoms with van der Waals surface area (Å²) in [7, 11) is 0. The second-order valence-corrected chi connectivity index (χ2v) is 3.99. The highest BCUT2D eigenvalue weighted by atomic mass is 16.6. The number of benzene rings is 2. The smallest absolute Gasteiger partial charge is 0.335 e. The van der Waals surface area contributed by atoms with Crippen molar-refractivity contribution in [1.29, 1.82) is 5.26 Å². The van der Waals surface area contributed by atoms with Crippen LogP contribution in [0.15, 0.2) is 42.5 Å². The maximum atomic E-state index is 10.9. The summed E-state index contributed by atoms with van der Waals surface area (Å²) in [5.41, 5.74) is -0.119. The van der Waals surface area contributed by atoms with E-state index in [1.807, 2.05) is 6.07 Å². The molecule has 0 atom stereocenters. The zero-order valence-electron chi connectivity index (χ0n) is 10.5. The molecule has 7 nitrogen and oxygen atoms in total.